The molecule has 0 aromatic heterocycles. The molecular formula is C13H22N2O2. The maximum absolute atomic E-state index is 12.0. The first-order chi connectivity index (χ1) is 7.87. The van der Waals surface area contributed by atoms with Gasteiger partial charge < -0.3 is 10.2 Å². The van der Waals surface area contributed by atoms with Crippen LogP contribution in [0.25, 0.3) is 0 Å². The molecular weight excluding hydrogens is 216 g/mol. The molecule has 2 fully saturated rings. The highest BCUT2D eigenvalue weighted by Crippen LogP contribution is 2.37. The zero-order valence-electron chi connectivity index (χ0n) is 11.0. The lowest BCUT2D eigenvalue weighted by atomic mass is 9.92. The van der Waals surface area contributed by atoms with Crippen LogP contribution in [-0.2, 0) is 9.59 Å². The minimum Gasteiger partial charge on any atom is -0.353 e. The number of hydrogen-bond donors (Lipinski definition) is 1. The van der Waals surface area contributed by atoms with Crippen molar-refractivity contribution in [2.75, 3.05) is 13.6 Å². The Balaban J connectivity index is 1.84. The molecule has 0 spiro atoms. The quantitative estimate of drug-likeness (QED) is 0.785. The molecule has 1 aliphatic carbocycles. The first kappa shape index (κ1) is 12.4. The van der Waals surface area contributed by atoms with Gasteiger partial charge in [-0.15, -0.1) is 0 Å². The van der Waals surface area contributed by atoms with Gasteiger partial charge in [0.15, 0.2) is 0 Å². The smallest absolute Gasteiger partial charge is 0.225 e. The van der Waals surface area contributed by atoms with Gasteiger partial charge in [-0.25, -0.2) is 0 Å². The average Bonchev–Trinajstić information content (AvgIpc) is 2.71. The molecule has 0 bridgehead atoms. The number of rotatable bonds is 2. The van der Waals surface area contributed by atoms with Gasteiger partial charge >= 0.3 is 0 Å². The predicted molar refractivity (Wildman–Crippen MR) is 65.3 cm³/mol. The van der Waals surface area contributed by atoms with Crippen molar-refractivity contribution in [2.24, 2.45) is 11.3 Å². The van der Waals surface area contributed by atoms with Crippen LogP contribution in [0.3, 0.4) is 0 Å². The second kappa shape index (κ2) is 4.31. The molecule has 1 N–H and O–H groups in total. The van der Waals surface area contributed by atoms with E-state index in [1.54, 1.807) is 11.9 Å². The van der Waals surface area contributed by atoms with E-state index in [1.165, 1.54) is 6.42 Å². The highest BCUT2D eigenvalue weighted by atomic mass is 16.2. The fourth-order valence-corrected chi connectivity index (χ4v) is 2.92. The summed E-state index contributed by atoms with van der Waals surface area (Å²) in [6, 6.07) is 0.304. The zero-order chi connectivity index (χ0) is 12.6. The molecule has 1 saturated heterocycles. The third-order valence-corrected chi connectivity index (χ3v) is 4.03. The largest absolute Gasteiger partial charge is 0.353 e. The van der Waals surface area contributed by atoms with E-state index in [-0.39, 0.29) is 17.7 Å². The number of nitrogens with zero attached hydrogens (tertiary/aromatic N) is 1. The molecule has 2 rings (SSSR count). The first-order valence-corrected chi connectivity index (χ1v) is 6.42. The van der Waals surface area contributed by atoms with Gasteiger partial charge in [0.05, 0.1) is 5.92 Å². The fraction of sp³-hybridized carbons (Fsp3) is 0.846. The number of hydrogen-bond acceptors (Lipinski definition) is 2. The van der Waals surface area contributed by atoms with Crippen LogP contribution in [-0.4, -0.2) is 36.3 Å². The van der Waals surface area contributed by atoms with Crippen molar-refractivity contribution >= 4 is 11.8 Å². The molecule has 4 heteroatoms. The lowest BCUT2D eigenvalue weighted by Gasteiger charge is -2.19. The zero-order valence-corrected chi connectivity index (χ0v) is 11.0. The lowest BCUT2D eigenvalue weighted by Crippen LogP contribution is -2.38. The van der Waals surface area contributed by atoms with Crippen LogP contribution in [0.15, 0.2) is 0 Å². The molecule has 2 unspecified atom stereocenters. The minimum absolute atomic E-state index is 0.0606. The van der Waals surface area contributed by atoms with Gasteiger partial charge in [0, 0.05) is 26.1 Å². The monoisotopic (exact) mass is 238 g/mol. The van der Waals surface area contributed by atoms with Crippen molar-refractivity contribution in [3.8, 4) is 0 Å². The van der Waals surface area contributed by atoms with Gasteiger partial charge in [-0.3, -0.25) is 9.59 Å². The van der Waals surface area contributed by atoms with E-state index in [0.717, 1.165) is 12.8 Å². The third-order valence-electron chi connectivity index (χ3n) is 4.03. The van der Waals surface area contributed by atoms with E-state index in [9.17, 15) is 9.59 Å². The molecule has 96 valence electrons. The molecule has 0 radical (unpaired) electrons. The molecule has 1 heterocycles. The molecule has 0 aromatic carbocycles. The van der Waals surface area contributed by atoms with Crippen LogP contribution in [0.4, 0.5) is 0 Å². The van der Waals surface area contributed by atoms with Crippen molar-refractivity contribution in [3.63, 3.8) is 0 Å². The molecule has 1 saturated carbocycles. The summed E-state index contributed by atoms with van der Waals surface area (Å²) in [5.41, 5.74) is 0.347. The van der Waals surface area contributed by atoms with Gasteiger partial charge in [-0.2, -0.15) is 0 Å². The van der Waals surface area contributed by atoms with Crippen LogP contribution in [0.5, 0.6) is 0 Å². The summed E-state index contributed by atoms with van der Waals surface area (Å²) in [5.74, 6) is -0.00138. The topological polar surface area (TPSA) is 49.4 Å². The summed E-state index contributed by atoms with van der Waals surface area (Å²) in [4.78, 5) is 25.0. The van der Waals surface area contributed by atoms with Gasteiger partial charge in [-0.05, 0) is 24.7 Å². The van der Waals surface area contributed by atoms with Crippen LogP contribution >= 0.6 is 0 Å². The standard InChI is InChI=1S/C13H22N2O2/c1-13(2)5-4-10(7-13)14-12(17)9-6-11(16)15(3)8-9/h9-10H,4-8H2,1-3H3,(H,14,17). The lowest BCUT2D eigenvalue weighted by molar-refractivity contribution is -0.128. The van der Waals surface area contributed by atoms with Gasteiger partial charge in [-0.1, -0.05) is 13.8 Å². The second-order valence-corrected chi connectivity index (χ2v) is 6.29. The third kappa shape index (κ3) is 2.79. The number of amides is 2. The molecule has 2 aliphatic rings. The summed E-state index contributed by atoms with van der Waals surface area (Å²) < 4.78 is 0. The van der Waals surface area contributed by atoms with E-state index in [2.05, 4.69) is 19.2 Å². The number of likely N-dealkylation sites (tertiary alicyclic amines) is 1. The van der Waals surface area contributed by atoms with Gasteiger partial charge in [0.2, 0.25) is 11.8 Å². The Morgan fingerprint density at radius 2 is 2.18 bits per heavy atom. The van der Waals surface area contributed by atoms with Crippen LogP contribution in [0, 0.1) is 11.3 Å². The van der Waals surface area contributed by atoms with E-state index in [0.29, 0.717) is 24.4 Å². The predicted octanol–water partition coefficient (Wildman–Crippen LogP) is 1.16. The van der Waals surface area contributed by atoms with Crippen molar-refractivity contribution in [1.82, 2.24) is 10.2 Å². The van der Waals surface area contributed by atoms with E-state index >= 15 is 0 Å². The molecule has 17 heavy (non-hydrogen) atoms. The number of nitrogens with one attached hydrogen (secondary N) is 1. The normalized spacial score (nSPS) is 31.9. The van der Waals surface area contributed by atoms with Crippen LogP contribution < -0.4 is 5.32 Å². The Morgan fingerprint density at radius 3 is 2.65 bits per heavy atom. The molecule has 0 aromatic rings. The summed E-state index contributed by atoms with van der Waals surface area (Å²) in [7, 11) is 1.76. The Kier molecular flexibility index (Phi) is 3.15. The van der Waals surface area contributed by atoms with Crippen LogP contribution in [0.1, 0.15) is 39.5 Å². The molecule has 2 amide bonds. The second-order valence-electron chi connectivity index (χ2n) is 6.29. The van der Waals surface area contributed by atoms with Crippen molar-refractivity contribution in [3.05, 3.63) is 0 Å². The highest BCUT2D eigenvalue weighted by Gasteiger charge is 2.36. The molecule has 2 atom stereocenters. The van der Waals surface area contributed by atoms with Gasteiger partial charge in [0.25, 0.3) is 0 Å². The van der Waals surface area contributed by atoms with E-state index < -0.39 is 0 Å². The maximum atomic E-state index is 12.0. The number of carbonyl (C=O) groups excluding carboxylic acids is 2. The minimum atomic E-state index is -0.142. The van der Waals surface area contributed by atoms with Crippen LogP contribution in [0.2, 0.25) is 0 Å². The summed E-state index contributed by atoms with van der Waals surface area (Å²) >= 11 is 0. The summed E-state index contributed by atoms with van der Waals surface area (Å²) in [6.07, 6.45) is 3.66. The van der Waals surface area contributed by atoms with Crippen molar-refractivity contribution in [1.29, 1.82) is 0 Å². The Morgan fingerprint density at radius 1 is 1.47 bits per heavy atom. The molecule has 4 nitrogen and oxygen atoms in total. The first-order valence-electron chi connectivity index (χ1n) is 6.42. The average molecular weight is 238 g/mol. The summed E-state index contributed by atoms with van der Waals surface area (Å²) in [5, 5.41) is 3.10. The van der Waals surface area contributed by atoms with Crippen molar-refractivity contribution in [2.45, 2.75) is 45.6 Å². The Hall–Kier alpha value is -1.06. The van der Waals surface area contributed by atoms with Gasteiger partial charge in [0.1, 0.15) is 0 Å². The fourth-order valence-electron chi connectivity index (χ4n) is 2.92. The Bertz CT molecular complexity index is 338. The van der Waals surface area contributed by atoms with E-state index in [1.807, 2.05) is 0 Å². The highest BCUT2D eigenvalue weighted by molar-refractivity contribution is 5.89. The van der Waals surface area contributed by atoms with E-state index in [4.69, 9.17) is 0 Å². The molecule has 1 aliphatic heterocycles. The SMILES string of the molecule is CN1CC(C(=O)NC2CCC(C)(C)C2)CC1=O. The Labute approximate surface area is 103 Å². The van der Waals surface area contributed by atoms with Crippen molar-refractivity contribution < 1.29 is 9.59 Å². The summed E-state index contributed by atoms with van der Waals surface area (Å²) in [6.45, 7) is 5.05. The maximum Gasteiger partial charge on any atom is 0.225 e. The number of carbonyl (C=O) groups is 2.